The number of carbonyl (C=O) groups is 1. The van der Waals surface area contributed by atoms with E-state index in [1.165, 1.54) is 5.56 Å². The van der Waals surface area contributed by atoms with Crippen molar-refractivity contribution in [1.29, 1.82) is 0 Å². The number of ether oxygens (including phenoxy) is 1. The molecule has 0 aliphatic carbocycles. The molecule has 0 heterocycles. The van der Waals surface area contributed by atoms with Crippen LogP contribution in [0.1, 0.15) is 48.1 Å². The van der Waals surface area contributed by atoms with E-state index in [2.05, 4.69) is 49.5 Å². The van der Waals surface area contributed by atoms with Crippen molar-refractivity contribution in [3.63, 3.8) is 0 Å². The average molecular weight is 325 g/mol. The molecule has 0 saturated carbocycles. The Bertz CT molecular complexity index is 677. The van der Waals surface area contributed by atoms with Crippen molar-refractivity contribution in [2.45, 2.75) is 46.1 Å². The van der Waals surface area contributed by atoms with Crippen LogP contribution >= 0.6 is 0 Å². The summed E-state index contributed by atoms with van der Waals surface area (Å²) in [5.41, 5.74) is 4.65. The van der Waals surface area contributed by atoms with Crippen molar-refractivity contribution >= 4 is 5.91 Å². The molecule has 128 valence electrons. The molecular weight excluding hydrogens is 298 g/mol. The van der Waals surface area contributed by atoms with Crippen LogP contribution in [0.25, 0.3) is 0 Å². The van der Waals surface area contributed by atoms with Crippen LogP contribution in [0.4, 0.5) is 0 Å². The number of nitrogens with one attached hydrogen (secondary N) is 1. The average Bonchev–Trinajstić information content (AvgIpc) is 2.59. The highest BCUT2D eigenvalue weighted by Gasteiger charge is 2.12. The maximum atomic E-state index is 12.3. The van der Waals surface area contributed by atoms with Crippen molar-refractivity contribution in [3.05, 3.63) is 64.7 Å². The van der Waals surface area contributed by atoms with Crippen molar-refractivity contribution in [2.75, 3.05) is 7.11 Å². The van der Waals surface area contributed by atoms with Crippen LogP contribution in [0.3, 0.4) is 0 Å². The Morgan fingerprint density at radius 3 is 2.42 bits per heavy atom. The van der Waals surface area contributed by atoms with Gasteiger partial charge in [-0.25, -0.2) is 0 Å². The quantitative estimate of drug-likeness (QED) is 0.813. The first-order valence-corrected chi connectivity index (χ1v) is 8.53. The Labute approximate surface area is 145 Å². The molecule has 1 amide bonds. The second kappa shape index (κ2) is 8.53. The fourth-order valence-electron chi connectivity index (χ4n) is 2.84. The van der Waals surface area contributed by atoms with E-state index in [0.29, 0.717) is 6.42 Å². The lowest BCUT2D eigenvalue weighted by molar-refractivity contribution is -0.121. The third-order valence-electron chi connectivity index (χ3n) is 4.32. The van der Waals surface area contributed by atoms with Gasteiger partial charge in [-0.15, -0.1) is 0 Å². The molecule has 2 aromatic carbocycles. The lowest BCUT2D eigenvalue weighted by Gasteiger charge is -2.18. The Morgan fingerprint density at radius 1 is 1.12 bits per heavy atom. The van der Waals surface area contributed by atoms with Crippen molar-refractivity contribution in [3.8, 4) is 5.75 Å². The van der Waals surface area contributed by atoms with Crippen LogP contribution < -0.4 is 10.1 Å². The molecule has 0 unspecified atom stereocenters. The number of rotatable bonds is 7. The Kier molecular flexibility index (Phi) is 6.42. The standard InChI is InChI=1S/C21H27NO2/c1-5-19(18-10-6-15(2)7-11-18)22-21(23)13-9-17-8-12-20(24-4)16(3)14-17/h6-8,10-12,14,19H,5,9,13H2,1-4H3,(H,22,23)/t19-/m0/s1. The molecule has 0 fully saturated rings. The molecule has 2 rings (SSSR count). The van der Waals surface area contributed by atoms with E-state index >= 15 is 0 Å². The van der Waals surface area contributed by atoms with E-state index in [-0.39, 0.29) is 11.9 Å². The van der Waals surface area contributed by atoms with Gasteiger partial charge in [0.05, 0.1) is 13.2 Å². The van der Waals surface area contributed by atoms with E-state index in [9.17, 15) is 4.79 Å². The van der Waals surface area contributed by atoms with E-state index in [0.717, 1.165) is 35.3 Å². The maximum absolute atomic E-state index is 12.3. The zero-order chi connectivity index (χ0) is 17.5. The predicted octanol–water partition coefficient (Wildman–Crippen LogP) is 4.51. The van der Waals surface area contributed by atoms with Gasteiger partial charge in [-0.2, -0.15) is 0 Å². The highest BCUT2D eigenvalue weighted by molar-refractivity contribution is 5.76. The SMILES string of the molecule is CC[C@H](NC(=O)CCc1ccc(OC)c(C)c1)c1ccc(C)cc1. The van der Waals surface area contributed by atoms with Gasteiger partial charge in [-0.1, -0.05) is 48.9 Å². The van der Waals surface area contributed by atoms with Gasteiger partial charge in [0.1, 0.15) is 5.75 Å². The highest BCUT2D eigenvalue weighted by Crippen LogP contribution is 2.20. The van der Waals surface area contributed by atoms with E-state index in [1.807, 2.05) is 19.1 Å². The highest BCUT2D eigenvalue weighted by atomic mass is 16.5. The summed E-state index contributed by atoms with van der Waals surface area (Å²) in [6.45, 7) is 6.19. The largest absolute Gasteiger partial charge is 0.496 e. The summed E-state index contributed by atoms with van der Waals surface area (Å²) in [7, 11) is 1.67. The summed E-state index contributed by atoms with van der Waals surface area (Å²) in [6, 6.07) is 14.5. The number of carbonyl (C=O) groups excluding carboxylic acids is 1. The third-order valence-corrected chi connectivity index (χ3v) is 4.32. The maximum Gasteiger partial charge on any atom is 0.220 e. The van der Waals surface area contributed by atoms with Crippen LogP contribution in [0, 0.1) is 13.8 Å². The molecule has 24 heavy (non-hydrogen) atoms. The van der Waals surface area contributed by atoms with Gasteiger partial charge in [-0.05, 0) is 49.4 Å². The number of methoxy groups -OCH3 is 1. The van der Waals surface area contributed by atoms with Crippen LogP contribution in [0.5, 0.6) is 5.75 Å². The predicted molar refractivity (Wildman–Crippen MR) is 98.4 cm³/mol. The van der Waals surface area contributed by atoms with Gasteiger partial charge in [0.2, 0.25) is 5.91 Å². The zero-order valence-corrected chi connectivity index (χ0v) is 15.1. The molecule has 0 aliphatic heterocycles. The topological polar surface area (TPSA) is 38.3 Å². The summed E-state index contributed by atoms with van der Waals surface area (Å²) >= 11 is 0. The fourth-order valence-corrected chi connectivity index (χ4v) is 2.84. The zero-order valence-electron chi connectivity index (χ0n) is 15.1. The van der Waals surface area contributed by atoms with E-state index < -0.39 is 0 Å². The van der Waals surface area contributed by atoms with E-state index in [1.54, 1.807) is 7.11 Å². The molecule has 2 aromatic rings. The third kappa shape index (κ3) is 4.85. The minimum atomic E-state index is 0.0794. The molecular formula is C21H27NO2. The summed E-state index contributed by atoms with van der Waals surface area (Å²) < 4.78 is 5.27. The normalized spacial score (nSPS) is 11.8. The smallest absolute Gasteiger partial charge is 0.220 e. The van der Waals surface area contributed by atoms with E-state index in [4.69, 9.17) is 4.74 Å². The lowest BCUT2D eigenvalue weighted by atomic mass is 10.0. The van der Waals surface area contributed by atoms with Crippen molar-refractivity contribution in [1.82, 2.24) is 5.32 Å². The number of amides is 1. The molecule has 1 atom stereocenters. The summed E-state index contributed by atoms with van der Waals surface area (Å²) in [4.78, 5) is 12.3. The first-order valence-electron chi connectivity index (χ1n) is 8.53. The molecule has 3 nitrogen and oxygen atoms in total. The van der Waals surface area contributed by atoms with Gasteiger partial charge < -0.3 is 10.1 Å². The van der Waals surface area contributed by atoms with Crippen LogP contribution in [0.2, 0.25) is 0 Å². The van der Waals surface area contributed by atoms with Gasteiger partial charge in [-0.3, -0.25) is 4.79 Å². The minimum absolute atomic E-state index is 0.0794. The van der Waals surface area contributed by atoms with Crippen LogP contribution in [-0.4, -0.2) is 13.0 Å². The number of hydrogen-bond donors (Lipinski definition) is 1. The molecule has 0 saturated heterocycles. The lowest BCUT2D eigenvalue weighted by Crippen LogP contribution is -2.28. The summed E-state index contributed by atoms with van der Waals surface area (Å²) in [5.74, 6) is 0.976. The summed E-state index contributed by atoms with van der Waals surface area (Å²) in [5, 5.41) is 3.15. The molecule has 0 radical (unpaired) electrons. The fraction of sp³-hybridized carbons (Fsp3) is 0.381. The Balaban J connectivity index is 1.92. The first kappa shape index (κ1) is 18.1. The number of hydrogen-bond acceptors (Lipinski definition) is 2. The van der Waals surface area contributed by atoms with Crippen LogP contribution in [0.15, 0.2) is 42.5 Å². The molecule has 0 spiro atoms. The Morgan fingerprint density at radius 2 is 1.83 bits per heavy atom. The van der Waals surface area contributed by atoms with Gasteiger partial charge >= 0.3 is 0 Å². The van der Waals surface area contributed by atoms with Crippen LogP contribution in [-0.2, 0) is 11.2 Å². The molecule has 0 aliphatic rings. The molecule has 0 bridgehead atoms. The Hall–Kier alpha value is -2.29. The molecule has 1 N–H and O–H groups in total. The second-order valence-electron chi connectivity index (χ2n) is 6.24. The van der Waals surface area contributed by atoms with Gasteiger partial charge in [0, 0.05) is 6.42 Å². The number of benzene rings is 2. The van der Waals surface area contributed by atoms with Crippen molar-refractivity contribution < 1.29 is 9.53 Å². The second-order valence-corrected chi connectivity index (χ2v) is 6.24. The number of aryl methyl sites for hydroxylation is 3. The van der Waals surface area contributed by atoms with Gasteiger partial charge in [0.25, 0.3) is 0 Å². The summed E-state index contributed by atoms with van der Waals surface area (Å²) in [6.07, 6.45) is 2.12. The minimum Gasteiger partial charge on any atom is -0.496 e. The monoisotopic (exact) mass is 325 g/mol. The van der Waals surface area contributed by atoms with Crippen molar-refractivity contribution in [2.24, 2.45) is 0 Å². The molecule has 3 heteroatoms. The first-order chi connectivity index (χ1) is 11.5. The van der Waals surface area contributed by atoms with Gasteiger partial charge in [0.15, 0.2) is 0 Å². The molecule has 0 aromatic heterocycles.